The van der Waals surface area contributed by atoms with Crippen molar-refractivity contribution in [2.75, 3.05) is 7.05 Å². The van der Waals surface area contributed by atoms with Crippen molar-refractivity contribution >= 4 is 5.97 Å². The monoisotopic (exact) mass is 305 g/mol. The Labute approximate surface area is 130 Å². The summed E-state index contributed by atoms with van der Waals surface area (Å²) in [4.78, 5) is 13.5. The summed E-state index contributed by atoms with van der Waals surface area (Å²) in [6.45, 7) is 1.40. The summed E-state index contributed by atoms with van der Waals surface area (Å²) >= 11 is 0. The minimum absolute atomic E-state index is 0.159. The van der Waals surface area contributed by atoms with Crippen LogP contribution >= 0.6 is 0 Å². The van der Waals surface area contributed by atoms with E-state index < -0.39 is 12.2 Å². The van der Waals surface area contributed by atoms with Crippen molar-refractivity contribution in [3.8, 4) is 0 Å². The Morgan fingerprint density at radius 3 is 2.64 bits per heavy atom. The average molecular weight is 305 g/mol. The first-order chi connectivity index (χ1) is 10.5. The van der Waals surface area contributed by atoms with Crippen molar-refractivity contribution in [1.82, 2.24) is 4.90 Å². The van der Waals surface area contributed by atoms with Crippen LogP contribution in [0.25, 0.3) is 0 Å². The number of nitrogens with zero attached hydrogens (tertiary/aromatic N) is 1. The molecule has 1 aromatic rings. The lowest BCUT2D eigenvalue weighted by atomic mass is 9.80. The number of carbonyl (C=O) groups is 1. The summed E-state index contributed by atoms with van der Waals surface area (Å²) in [6.07, 6.45) is -0.328. The molecule has 120 valence electrons. The molecule has 0 saturated carbocycles. The zero-order valence-electron chi connectivity index (χ0n) is 12.9. The fourth-order valence-electron chi connectivity index (χ4n) is 4.13. The highest BCUT2D eigenvalue weighted by Crippen LogP contribution is 2.44. The molecule has 5 heteroatoms. The number of carbonyl (C=O) groups excluding carboxylic acids is 1. The molecule has 2 aliphatic rings. The second-order valence-electron chi connectivity index (χ2n) is 6.43. The van der Waals surface area contributed by atoms with Crippen molar-refractivity contribution in [1.29, 1.82) is 0 Å². The maximum atomic E-state index is 11.4. The van der Waals surface area contributed by atoms with Gasteiger partial charge in [0.1, 0.15) is 6.10 Å². The molecule has 0 amide bonds. The standard InChI is InChI=1S/C17H23NO4/c1-10(19)22-14-9-12-8-13(20)15(16(14)18(12)2)17(21)11-6-4-3-5-7-11/h3-7,12-17,20-21H,8-9H2,1-2H3. The van der Waals surface area contributed by atoms with Gasteiger partial charge in [-0.25, -0.2) is 0 Å². The fourth-order valence-corrected chi connectivity index (χ4v) is 4.13. The van der Waals surface area contributed by atoms with Crippen LogP contribution in [0.15, 0.2) is 30.3 Å². The Balaban J connectivity index is 1.89. The van der Waals surface area contributed by atoms with Gasteiger partial charge in [-0.1, -0.05) is 30.3 Å². The SMILES string of the molecule is CC(=O)OC1CC2CC(O)C(C(O)c3ccccc3)C1N2C. The number of fused-ring (bicyclic) bond motifs is 2. The number of piperidine rings is 1. The van der Waals surface area contributed by atoms with Crippen molar-refractivity contribution in [2.24, 2.45) is 5.92 Å². The van der Waals surface area contributed by atoms with Gasteiger partial charge in [0.2, 0.25) is 0 Å². The molecule has 2 N–H and O–H groups in total. The molecule has 2 saturated heterocycles. The van der Waals surface area contributed by atoms with E-state index in [1.807, 2.05) is 37.4 Å². The summed E-state index contributed by atoms with van der Waals surface area (Å²) in [5, 5.41) is 21.3. The van der Waals surface area contributed by atoms with Gasteiger partial charge in [-0.15, -0.1) is 0 Å². The van der Waals surface area contributed by atoms with Gasteiger partial charge in [0.25, 0.3) is 0 Å². The van der Waals surface area contributed by atoms with E-state index in [0.29, 0.717) is 6.42 Å². The van der Waals surface area contributed by atoms with Crippen molar-refractivity contribution in [3.05, 3.63) is 35.9 Å². The number of hydrogen-bond acceptors (Lipinski definition) is 5. The van der Waals surface area contributed by atoms with E-state index in [-0.39, 0.29) is 30.1 Å². The van der Waals surface area contributed by atoms with Crippen LogP contribution in [0, 0.1) is 5.92 Å². The van der Waals surface area contributed by atoms with E-state index in [9.17, 15) is 15.0 Å². The largest absolute Gasteiger partial charge is 0.461 e. The topological polar surface area (TPSA) is 70.0 Å². The number of benzene rings is 1. The van der Waals surface area contributed by atoms with E-state index in [0.717, 1.165) is 12.0 Å². The molecule has 6 atom stereocenters. The Morgan fingerprint density at radius 1 is 1.32 bits per heavy atom. The Morgan fingerprint density at radius 2 is 2.00 bits per heavy atom. The molecule has 0 aromatic heterocycles. The van der Waals surface area contributed by atoms with Crippen molar-refractivity contribution < 1.29 is 19.7 Å². The Hall–Kier alpha value is -1.43. The zero-order chi connectivity index (χ0) is 15.9. The smallest absolute Gasteiger partial charge is 0.302 e. The predicted molar refractivity (Wildman–Crippen MR) is 81.0 cm³/mol. The van der Waals surface area contributed by atoms with Crippen LogP contribution in [-0.2, 0) is 9.53 Å². The Kier molecular flexibility index (Phi) is 4.21. The third-order valence-corrected chi connectivity index (χ3v) is 5.11. The second-order valence-corrected chi connectivity index (χ2v) is 6.43. The normalized spacial score (nSPS) is 36.1. The number of esters is 1. The van der Waals surface area contributed by atoms with E-state index in [1.165, 1.54) is 6.92 Å². The van der Waals surface area contributed by atoms with Crippen LogP contribution in [0.2, 0.25) is 0 Å². The number of ether oxygens (including phenoxy) is 1. The van der Waals surface area contributed by atoms with Crippen LogP contribution in [-0.4, -0.2) is 52.4 Å². The van der Waals surface area contributed by atoms with Crippen molar-refractivity contribution in [2.45, 2.75) is 50.2 Å². The van der Waals surface area contributed by atoms with Gasteiger partial charge in [-0.3, -0.25) is 9.69 Å². The molecule has 5 nitrogen and oxygen atoms in total. The zero-order valence-corrected chi connectivity index (χ0v) is 12.9. The van der Waals surface area contributed by atoms with Gasteiger partial charge in [-0.05, 0) is 19.0 Å². The highest BCUT2D eigenvalue weighted by molar-refractivity contribution is 5.66. The maximum absolute atomic E-state index is 11.4. The van der Waals surface area contributed by atoms with Crippen LogP contribution in [0.5, 0.6) is 0 Å². The number of aliphatic hydroxyl groups excluding tert-OH is 2. The number of rotatable bonds is 3. The summed E-state index contributed by atoms with van der Waals surface area (Å²) in [7, 11) is 1.98. The lowest BCUT2D eigenvalue weighted by Gasteiger charge is -2.43. The van der Waals surface area contributed by atoms with Gasteiger partial charge in [0.05, 0.1) is 18.2 Å². The maximum Gasteiger partial charge on any atom is 0.302 e. The summed E-state index contributed by atoms with van der Waals surface area (Å²) < 4.78 is 5.46. The fraction of sp³-hybridized carbons (Fsp3) is 0.588. The van der Waals surface area contributed by atoms with Crippen LogP contribution in [0.3, 0.4) is 0 Å². The Bertz CT molecular complexity index is 535. The highest BCUT2D eigenvalue weighted by atomic mass is 16.5. The molecule has 3 rings (SSSR count). The molecule has 2 aliphatic heterocycles. The van der Waals surface area contributed by atoms with Gasteiger partial charge in [-0.2, -0.15) is 0 Å². The molecular weight excluding hydrogens is 282 g/mol. The van der Waals surface area contributed by atoms with E-state index in [4.69, 9.17) is 4.74 Å². The lowest BCUT2D eigenvalue weighted by Crippen LogP contribution is -2.53. The molecule has 22 heavy (non-hydrogen) atoms. The third kappa shape index (κ3) is 2.64. The van der Waals surface area contributed by atoms with E-state index in [2.05, 4.69) is 4.90 Å². The molecule has 1 aromatic carbocycles. The average Bonchev–Trinajstić information content (AvgIpc) is 2.68. The molecule has 2 bridgehead atoms. The van der Waals surface area contributed by atoms with E-state index >= 15 is 0 Å². The molecule has 2 fully saturated rings. The summed E-state index contributed by atoms with van der Waals surface area (Å²) in [5.41, 5.74) is 0.784. The van der Waals surface area contributed by atoms with Crippen LogP contribution in [0.1, 0.15) is 31.4 Å². The van der Waals surface area contributed by atoms with Gasteiger partial charge < -0.3 is 14.9 Å². The lowest BCUT2D eigenvalue weighted by molar-refractivity contribution is -0.151. The minimum Gasteiger partial charge on any atom is -0.461 e. The quantitative estimate of drug-likeness (QED) is 0.819. The van der Waals surface area contributed by atoms with E-state index in [1.54, 1.807) is 0 Å². The molecule has 0 radical (unpaired) electrons. The molecule has 6 unspecified atom stereocenters. The van der Waals surface area contributed by atoms with Gasteiger partial charge in [0.15, 0.2) is 0 Å². The minimum atomic E-state index is -0.777. The van der Waals surface area contributed by atoms with Gasteiger partial charge in [0, 0.05) is 25.3 Å². The molecule has 2 heterocycles. The number of likely N-dealkylation sites (N-methyl/N-ethyl adjacent to an activating group) is 1. The van der Waals surface area contributed by atoms with Gasteiger partial charge >= 0.3 is 5.97 Å². The second kappa shape index (κ2) is 5.99. The summed E-state index contributed by atoms with van der Waals surface area (Å²) in [5.74, 6) is -0.677. The van der Waals surface area contributed by atoms with Crippen LogP contribution in [0.4, 0.5) is 0 Å². The van der Waals surface area contributed by atoms with Crippen LogP contribution < -0.4 is 0 Å². The third-order valence-electron chi connectivity index (χ3n) is 5.11. The molecule has 0 spiro atoms. The van der Waals surface area contributed by atoms with Crippen molar-refractivity contribution in [3.63, 3.8) is 0 Å². The summed E-state index contributed by atoms with van der Waals surface area (Å²) in [6, 6.07) is 9.40. The number of aliphatic hydroxyl groups is 2. The first-order valence-corrected chi connectivity index (χ1v) is 7.79. The predicted octanol–water partition coefficient (Wildman–Crippen LogP) is 1.11. The highest BCUT2D eigenvalue weighted by Gasteiger charge is 2.54. The molecular formula is C17H23NO4. The number of hydrogen-bond donors (Lipinski definition) is 2. The first kappa shape index (κ1) is 15.5. The molecule has 0 aliphatic carbocycles. The first-order valence-electron chi connectivity index (χ1n) is 7.79.